The van der Waals surface area contributed by atoms with Gasteiger partial charge in [-0.15, -0.1) is 0 Å². The second-order valence-electron chi connectivity index (χ2n) is 2.61. The Morgan fingerprint density at radius 3 is 1.86 bits per heavy atom. The van der Waals surface area contributed by atoms with E-state index in [0.717, 1.165) is 4.24 Å². The molecule has 0 aromatic rings. The normalized spacial score (nSPS) is 36.3. The van der Waals surface area contributed by atoms with Gasteiger partial charge in [-0.25, -0.2) is 0 Å². The Bertz CT molecular complexity index is 377. The van der Waals surface area contributed by atoms with E-state index in [4.69, 9.17) is 42.7 Å². The van der Waals surface area contributed by atoms with Crippen molar-refractivity contribution in [3.63, 3.8) is 0 Å². The van der Waals surface area contributed by atoms with E-state index >= 15 is 0 Å². The fourth-order valence-electron chi connectivity index (χ4n) is 0.889. The van der Waals surface area contributed by atoms with Gasteiger partial charge in [0, 0.05) is 5.15 Å². The molecule has 8 heteroatoms. The molecule has 80 valence electrons. The summed E-state index contributed by atoms with van der Waals surface area (Å²) in [4.78, 5) is 0. The third kappa shape index (κ3) is 2.23. The summed E-state index contributed by atoms with van der Waals surface area (Å²) >= 11 is 4.45. The summed E-state index contributed by atoms with van der Waals surface area (Å²) in [5.74, 6) is 0. The van der Waals surface area contributed by atoms with Crippen LogP contribution in [0.15, 0.2) is 30.1 Å². The molecule has 2 rings (SSSR count). The quantitative estimate of drug-likeness (QED) is 0.475. The van der Waals surface area contributed by atoms with E-state index in [1.807, 2.05) is 10.8 Å². The standard InChI is InChI=1S/C6H4Cl4S4/c7-14(8,9,10)4-3-13-6(14)5-11-1-2-12-5/h1-4H. The zero-order chi connectivity index (χ0) is 10.5. The topological polar surface area (TPSA) is 0 Å². The van der Waals surface area contributed by atoms with Crippen LogP contribution in [0, 0.1) is 0 Å². The molecule has 2 heterocycles. The molecule has 0 radical (unpaired) electrons. The maximum atomic E-state index is 6.22. The van der Waals surface area contributed by atoms with Crippen LogP contribution in [0.4, 0.5) is 0 Å². The summed E-state index contributed by atoms with van der Waals surface area (Å²) in [5.41, 5.74) is 0. The third-order valence-corrected chi connectivity index (χ3v) is 12.4. The highest BCUT2D eigenvalue weighted by molar-refractivity contribution is 9.19. The van der Waals surface area contributed by atoms with E-state index in [9.17, 15) is 0 Å². The van der Waals surface area contributed by atoms with Crippen LogP contribution < -0.4 is 0 Å². The smallest absolute Gasteiger partial charge is 0.0853 e. The van der Waals surface area contributed by atoms with Crippen LogP contribution in [0.2, 0.25) is 0 Å². The van der Waals surface area contributed by atoms with Gasteiger partial charge in [0.15, 0.2) is 0 Å². The summed E-state index contributed by atoms with van der Waals surface area (Å²) in [5, 5.41) is 2.96. The van der Waals surface area contributed by atoms with Crippen molar-refractivity contribution in [3.05, 3.63) is 30.1 Å². The van der Waals surface area contributed by atoms with Gasteiger partial charge < -0.3 is 0 Å². The molecule has 0 aromatic heterocycles. The first-order valence-electron chi connectivity index (χ1n) is 3.29. The number of hydrogen-bond donors (Lipinski definition) is 0. The summed E-state index contributed by atoms with van der Waals surface area (Å²) in [6.07, 6.45) is 0. The van der Waals surface area contributed by atoms with Crippen molar-refractivity contribution in [2.75, 3.05) is 0 Å². The molecule has 0 spiro atoms. The fourth-order valence-corrected chi connectivity index (χ4v) is 12.3. The van der Waals surface area contributed by atoms with Gasteiger partial charge in [-0.3, -0.25) is 0 Å². The van der Waals surface area contributed by atoms with E-state index in [2.05, 4.69) is 0 Å². The average Bonchev–Trinajstić information content (AvgIpc) is 2.52. The predicted octanol–water partition coefficient (Wildman–Crippen LogP) is 6.77. The minimum absolute atomic E-state index is 0.650. The van der Waals surface area contributed by atoms with Crippen molar-refractivity contribution in [1.29, 1.82) is 0 Å². The largest absolute Gasteiger partial charge is 0.0884 e. The van der Waals surface area contributed by atoms with Crippen LogP contribution >= 0.6 is 83.2 Å². The minimum atomic E-state index is -4.17. The molecule has 2 aliphatic heterocycles. The number of thioether (sulfide) groups is 3. The highest BCUT2D eigenvalue weighted by Gasteiger charge is 2.59. The Balaban J connectivity index is 2.56. The SMILES string of the molecule is ClS1(Cl)(Cl)(Cl)C=CSC1=C1SC=CS1. The lowest BCUT2D eigenvalue weighted by Gasteiger charge is -2.52. The van der Waals surface area contributed by atoms with Crippen molar-refractivity contribution in [2.24, 2.45) is 0 Å². The summed E-state index contributed by atoms with van der Waals surface area (Å²) in [6.45, 7) is 0. The Kier molecular flexibility index (Phi) is 2.77. The van der Waals surface area contributed by atoms with Crippen molar-refractivity contribution < 1.29 is 0 Å². The van der Waals surface area contributed by atoms with Gasteiger partial charge in [0.05, 0.1) is 8.47 Å². The Hall–Kier alpha value is 1.78. The van der Waals surface area contributed by atoms with Crippen LogP contribution in [0.1, 0.15) is 0 Å². The predicted molar refractivity (Wildman–Crippen MR) is 79.1 cm³/mol. The Morgan fingerprint density at radius 2 is 1.43 bits per heavy atom. The van der Waals surface area contributed by atoms with Gasteiger partial charge in [0.2, 0.25) is 0 Å². The maximum absolute atomic E-state index is 6.22. The van der Waals surface area contributed by atoms with Crippen molar-refractivity contribution in [2.45, 2.75) is 0 Å². The second kappa shape index (κ2) is 3.16. The molecule has 0 unspecified atom stereocenters. The number of hydrogen-bond acceptors (Lipinski definition) is 3. The first-order valence-corrected chi connectivity index (χ1v) is 11.7. The molecule has 0 aliphatic carbocycles. The first-order chi connectivity index (χ1) is 6.22. The second-order valence-corrected chi connectivity index (χ2v) is 21.2. The van der Waals surface area contributed by atoms with Gasteiger partial charge in [0.1, 0.15) is 0 Å². The van der Waals surface area contributed by atoms with E-state index < -0.39 is 5.15 Å². The lowest BCUT2D eigenvalue weighted by atomic mass is 11.2. The molecule has 0 saturated carbocycles. The maximum Gasteiger partial charge on any atom is 0.0853 e. The molecular weight excluding hydrogens is 342 g/mol. The lowest BCUT2D eigenvalue weighted by molar-refractivity contribution is 2.34. The van der Waals surface area contributed by atoms with Gasteiger partial charge in [-0.2, -0.15) is 0 Å². The molecular formula is C6H4Cl4S4. The minimum Gasteiger partial charge on any atom is -0.0884 e. The van der Waals surface area contributed by atoms with Crippen LogP contribution in [0.3, 0.4) is 0 Å². The van der Waals surface area contributed by atoms with Crippen LogP contribution in [0.5, 0.6) is 0 Å². The third-order valence-electron chi connectivity index (χ3n) is 1.46. The van der Waals surface area contributed by atoms with E-state index in [-0.39, 0.29) is 0 Å². The molecule has 0 atom stereocenters. The molecule has 0 aromatic carbocycles. The fraction of sp³-hybridized carbons (Fsp3) is 0. The van der Waals surface area contributed by atoms with Crippen molar-refractivity contribution in [1.82, 2.24) is 0 Å². The first kappa shape index (κ1) is 12.2. The summed E-state index contributed by atoms with van der Waals surface area (Å²) in [6, 6.07) is 0. The molecule has 0 N–H and O–H groups in total. The zero-order valence-corrected chi connectivity index (χ0v) is 12.7. The van der Waals surface area contributed by atoms with Crippen LogP contribution in [0.25, 0.3) is 0 Å². The molecule has 0 saturated heterocycles. The van der Waals surface area contributed by atoms with Crippen molar-refractivity contribution in [3.8, 4) is 0 Å². The molecule has 0 bridgehead atoms. The van der Waals surface area contributed by atoms with Gasteiger partial charge >= 0.3 is 0 Å². The number of halogens is 4. The summed E-state index contributed by atoms with van der Waals surface area (Å²) in [7, 11) is 24.9. The average molecular weight is 346 g/mol. The van der Waals surface area contributed by atoms with E-state index in [1.165, 1.54) is 40.7 Å². The van der Waals surface area contributed by atoms with Gasteiger partial charge in [-0.05, 0) is 64.4 Å². The molecule has 2 aliphatic rings. The Labute approximate surface area is 112 Å². The van der Waals surface area contributed by atoms with Crippen LogP contribution in [-0.4, -0.2) is 0 Å². The highest BCUT2D eigenvalue weighted by Crippen LogP contribution is 3.13. The molecule has 0 nitrogen and oxygen atoms in total. The number of rotatable bonds is 0. The highest BCUT2D eigenvalue weighted by atomic mass is 36.4. The van der Waals surface area contributed by atoms with Crippen LogP contribution in [-0.2, 0) is 0 Å². The van der Waals surface area contributed by atoms with Crippen molar-refractivity contribution >= 4 is 83.2 Å². The van der Waals surface area contributed by atoms with Gasteiger partial charge in [0.25, 0.3) is 0 Å². The molecule has 0 fully saturated rings. The van der Waals surface area contributed by atoms with E-state index in [0.29, 0.717) is 4.24 Å². The monoisotopic (exact) mass is 344 g/mol. The molecule has 0 amide bonds. The molecule has 14 heavy (non-hydrogen) atoms. The lowest BCUT2D eigenvalue weighted by Crippen LogP contribution is -2.01. The summed E-state index contributed by atoms with van der Waals surface area (Å²) < 4.78 is 1.60. The van der Waals surface area contributed by atoms with E-state index in [1.54, 1.807) is 5.41 Å². The Morgan fingerprint density at radius 1 is 0.857 bits per heavy atom. The zero-order valence-electron chi connectivity index (χ0n) is 6.45. The van der Waals surface area contributed by atoms with Gasteiger partial charge in [-0.1, -0.05) is 35.3 Å².